The van der Waals surface area contributed by atoms with Crippen LogP contribution in [0.1, 0.15) is 5.56 Å². The molecule has 0 aliphatic rings. The number of hydrogen-bond donors (Lipinski definition) is 1. The van der Waals surface area contributed by atoms with E-state index in [1.807, 2.05) is 30.3 Å². The summed E-state index contributed by atoms with van der Waals surface area (Å²) in [6.45, 7) is 0.994. The number of hydrogen-bond acceptors (Lipinski definition) is 4. The van der Waals surface area contributed by atoms with Gasteiger partial charge in [0.1, 0.15) is 5.38 Å². The molecule has 0 saturated heterocycles. The van der Waals surface area contributed by atoms with Crippen LogP contribution in [-0.2, 0) is 16.1 Å². The summed E-state index contributed by atoms with van der Waals surface area (Å²) in [4.78, 5) is 15.5. The van der Waals surface area contributed by atoms with E-state index in [-0.39, 0.29) is 0 Å². The van der Waals surface area contributed by atoms with Gasteiger partial charge in [-0.3, -0.25) is 9.78 Å². The summed E-state index contributed by atoms with van der Waals surface area (Å²) in [5, 5.41) is 3.58. The highest BCUT2D eigenvalue weighted by Crippen LogP contribution is 2.15. The van der Waals surface area contributed by atoms with E-state index in [2.05, 4.69) is 15.0 Å². The zero-order valence-corrected chi connectivity index (χ0v) is 11.4. The number of rotatable bonds is 5. The molecule has 0 radical (unpaired) electrons. The number of fused-ring (bicyclic) bond motifs is 1. The van der Waals surface area contributed by atoms with Crippen molar-refractivity contribution in [3.63, 3.8) is 0 Å². The Balaban J connectivity index is 2.00. The Morgan fingerprint density at radius 1 is 1.42 bits per heavy atom. The molecule has 5 heteroatoms. The summed E-state index contributed by atoms with van der Waals surface area (Å²) >= 11 is 5.87. The maximum atomic E-state index is 11.2. The van der Waals surface area contributed by atoms with Gasteiger partial charge in [0.2, 0.25) is 0 Å². The average Bonchev–Trinajstić information content (AvgIpc) is 2.46. The number of esters is 1. The second-order valence-electron chi connectivity index (χ2n) is 4.11. The summed E-state index contributed by atoms with van der Waals surface area (Å²) in [6, 6.07) is 9.89. The molecule has 1 heterocycles. The first-order chi connectivity index (χ1) is 9.22. The molecule has 1 aromatic heterocycles. The van der Waals surface area contributed by atoms with Crippen LogP contribution in [0.4, 0.5) is 0 Å². The molecule has 1 unspecified atom stereocenters. The zero-order valence-electron chi connectivity index (χ0n) is 10.6. The Bertz CT molecular complexity index is 569. The molecule has 1 aromatic carbocycles. The fraction of sp³-hybridized carbons (Fsp3) is 0.286. The van der Waals surface area contributed by atoms with Crippen LogP contribution >= 0.6 is 11.6 Å². The smallest absolute Gasteiger partial charge is 0.325 e. The first kappa shape index (κ1) is 13.8. The Morgan fingerprint density at radius 2 is 2.21 bits per heavy atom. The van der Waals surface area contributed by atoms with Crippen molar-refractivity contribution < 1.29 is 9.53 Å². The van der Waals surface area contributed by atoms with Gasteiger partial charge < -0.3 is 10.1 Å². The van der Waals surface area contributed by atoms with Crippen LogP contribution in [0.3, 0.4) is 0 Å². The Hall–Kier alpha value is -1.65. The summed E-state index contributed by atoms with van der Waals surface area (Å²) in [7, 11) is 1.33. The fourth-order valence-corrected chi connectivity index (χ4v) is 2.05. The minimum Gasteiger partial charge on any atom is -0.468 e. The van der Waals surface area contributed by atoms with Gasteiger partial charge in [0.15, 0.2) is 0 Å². The molecule has 4 nitrogen and oxygen atoms in total. The van der Waals surface area contributed by atoms with Gasteiger partial charge in [-0.05, 0) is 17.7 Å². The van der Waals surface area contributed by atoms with E-state index in [9.17, 15) is 4.79 Å². The molecule has 2 aromatic rings. The van der Waals surface area contributed by atoms with Crippen molar-refractivity contribution in [1.82, 2.24) is 10.3 Å². The molecule has 0 saturated carbocycles. The van der Waals surface area contributed by atoms with Gasteiger partial charge in [-0.25, -0.2) is 0 Å². The normalized spacial score (nSPS) is 12.3. The van der Waals surface area contributed by atoms with Crippen molar-refractivity contribution in [1.29, 1.82) is 0 Å². The number of benzene rings is 1. The lowest BCUT2D eigenvalue weighted by atomic mass is 10.1. The van der Waals surface area contributed by atoms with Crippen LogP contribution in [0.2, 0.25) is 0 Å². The number of carbonyl (C=O) groups is 1. The van der Waals surface area contributed by atoms with Gasteiger partial charge in [-0.1, -0.05) is 18.2 Å². The van der Waals surface area contributed by atoms with E-state index in [1.54, 1.807) is 6.20 Å². The number of para-hydroxylation sites is 1. The van der Waals surface area contributed by atoms with Gasteiger partial charge in [-0.2, -0.15) is 0 Å². The summed E-state index contributed by atoms with van der Waals surface area (Å²) < 4.78 is 4.56. The summed E-state index contributed by atoms with van der Waals surface area (Å²) in [5.41, 5.74) is 2.08. The molecule has 1 atom stereocenters. The van der Waals surface area contributed by atoms with Gasteiger partial charge in [0.25, 0.3) is 0 Å². The van der Waals surface area contributed by atoms with E-state index in [0.29, 0.717) is 13.1 Å². The largest absolute Gasteiger partial charge is 0.468 e. The molecule has 100 valence electrons. The van der Waals surface area contributed by atoms with Gasteiger partial charge in [0.05, 0.1) is 12.6 Å². The number of carbonyl (C=O) groups excluding carboxylic acids is 1. The predicted octanol–water partition coefficient (Wildman–Crippen LogP) is 2.10. The number of nitrogens with zero attached hydrogens (tertiary/aromatic N) is 1. The lowest BCUT2D eigenvalue weighted by Gasteiger charge is -2.10. The van der Waals surface area contributed by atoms with Crippen molar-refractivity contribution in [2.24, 2.45) is 0 Å². The van der Waals surface area contributed by atoms with E-state index >= 15 is 0 Å². The molecule has 0 aliphatic carbocycles. The second kappa shape index (κ2) is 6.50. The standard InChI is InChI=1S/C14H15ClN2O2/c1-19-14(18)12(15)9-16-8-10-6-7-17-13-5-3-2-4-11(10)13/h2-7,12,16H,8-9H2,1H3. The molecule has 1 N–H and O–H groups in total. The van der Waals surface area contributed by atoms with Crippen LogP contribution in [0.25, 0.3) is 10.9 Å². The predicted molar refractivity (Wildman–Crippen MR) is 75.1 cm³/mol. The number of methoxy groups -OCH3 is 1. The van der Waals surface area contributed by atoms with Crippen molar-refractivity contribution in [2.45, 2.75) is 11.9 Å². The van der Waals surface area contributed by atoms with Crippen LogP contribution in [0.15, 0.2) is 36.5 Å². The van der Waals surface area contributed by atoms with Crippen LogP contribution in [0.5, 0.6) is 0 Å². The molecule has 0 aliphatic heterocycles. The fourth-order valence-electron chi connectivity index (χ4n) is 1.85. The van der Waals surface area contributed by atoms with Crippen molar-refractivity contribution >= 4 is 28.5 Å². The maximum Gasteiger partial charge on any atom is 0.325 e. The Labute approximate surface area is 116 Å². The van der Waals surface area contributed by atoms with E-state index in [4.69, 9.17) is 11.6 Å². The Morgan fingerprint density at radius 3 is 3.00 bits per heavy atom. The lowest BCUT2D eigenvalue weighted by Crippen LogP contribution is -2.29. The molecule has 0 bridgehead atoms. The van der Waals surface area contributed by atoms with E-state index in [1.165, 1.54) is 7.11 Å². The number of halogens is 1. The lowest BCUT2D eigenvalue weighted by molar-refractivity contribution is -0.140. The highest BCUT2D eigenvalue weighted by atomic mass is 35.5. The minimum atomic E-state index is -0.668. The third-order valence-electron chi connectivity index (χ3n) is 2.84. The van der Waals surface area contributed by atoms with Crippen molar-refractivity contribution in [3.8, 4) is 0 Å². The van der Waals surface area contributed by atoms with Gasteiger partial charge >= 0.3 is 5.97 Å². The van der Waals surface area contributed by atoms with Crippen molar-refractivity contribution in [3.05, 3.63) is 42.1 Å². The molecule has 0 fully saturated rings. The topological polar surface area (TPSA) is 51.2 Å². The summed E-state index contributed by atoms with van der Waals surface area (Å²) in [6.07, 6.45) is 1.78. The Kier molecular flexibility index (Phi) is 4.71. The molecule has 2 rings (SSSR count). The average molecular weight is 279 g/mol. The maximum absolute atomic E-state index is 11.2. The SMILES string of the molecule is COC(=O)C(Cl)CNCc1ccnc2ccccc12. The number of pyridine rings is 1. The second-order valence-corrected chi connectivity index (χ2v) is 4.64. The van der Waals surface area contributed by atoms with Crippen LogP contribution < -0.4 is 5.32 Å². The number of ether oxygens (including phenoxy) is 1. The quantitative estimate of drug-likeness (QED) is 0.672. The highest BCUT2D eigenvalue weighted by Gasteiger charge is 2.14. The molecule has 0 spiro atoms. The molecule has 0 amide bonds. The van der Waals surface area contributed by atoms with Gasteiger partial charge in [0, 0.05) is 24.7 Å². The third kappa shape index (κ3) is 3.43. The van der Waals surface area contributed by atoms with Gasteiger partial charge in [-0.15, -0.1) is 11.6 Å². The number of nitrogens with one attached hydrogen (secondary N) is 1. The number of aromatic nitrogens is 1. The number of alkyl halides is 1. The first-order valence-corrected chi connectivity index (χ1v) is 6.41. The summed E-state index contributed by atoms with van der Waals surface area (Å²) in [5.74, 6) is -0.422. The monoisotopic (exact) mass is 278 g/mol. The zero-order chi connectivity index (χ0) is 13.7. The van der Waals surface area contributed by atoms with Crippen LogP contribution in [0, 0.1) is 0 Å². The van der Waals surface area contributed by atoms with Crippen LogP contribution in [-0.4, -0.2) is 30.0 Å². The third-order valence-corrected chi connectivity index (χ3v) is 3.17. The van der Waals surface area contributed by atoms with E-state index < -0.39 is 11.3 Å². The molecular formula is C14H15ClN2O2. The molecular weight excluding hydrogens is 264 g/mol. The minimum absolute atomic E-state index is 0.366. The first-order valence-electron chi connectivity index (χ1n) is 5.97. The van der Waals surface area contributed by atoms with Crippen molar-refractivity contribution in [2.75, 3.05) is 13.7 Å². The van der Waals surface area contributed by atoms with E-state index in [0.717, 1.165) is 16.5 Å². The highest BCUT2D eigenvalue weighted by molar-refractivity contribution is 6.30. The molecule has 19 heavy (non-hydrogen) atoms.